The SMILES string of the molecule is CCCNCc1ccc(-c2ccnc(C)c2)cc1Cl. The number of halogens is 1. The van der Waals surface area contributed by atoms with Gasteiger partial charge in [0.05, 0.1) is 0 Å². The Morgan fingerprint density at radius 2 is 1.95 bits per heavy atom. The largest absolute Gasteiger partial charge is 0.313 e. The van der Waals surface area contributed by atoms with Gasteiger partial charge in [0.1, 0.15) is 0 Å². The van der Waals surface area contributed by atoms with Crippen molar-refractivity contribution in [3.63, 3.8) is 0 Å². The number of hydrogen-bond donors (Lipinski definition) is 1. The van der Waals surface area contributed by atoms with Gasteiger partial charge in [0.2, 0.25) is 0 Å². The number of nitrogens with one attached hydrogen (secondary N) is 1. The van der Waals surface area contributed by atoms with Crippen molar-refractivity contribution in [1.82, 2.24) is 10.3 Å². The summed E-state index contributed by atoms with van der Waals surface area (Å²) < 4.78 is 0. The van der Waals surface area contributed by atoms with Crippen LogP contribution in [-0.2, 0) is 6.54 Å². The first kappa shape index (κ1) is 14.0. The maximum Gasteiger partial charge on any atom is 0.0457 e. The highest BCUT2D eigenvalue weighted by Crippen LogP contribution is 2.25. The van der Waals surface area contributed by atoms with Gasteiger partial charge in [-0.15, -0.1) is 0 Å². The van der Waals surface area contributed by atoms with Crippen LogP contribution in [0.3, 0.4) is 0 Å². The standard InChI is InChI=1S/C16H19ClN2/c1-3-7-18-11-15-5-4-13(10-16(15)17)14-6-8-19-12(2)9-14/h4-6,8-10,18H,3,7,11H2,1-2H3. The molecule has 1 aromatic carbocycles. The number of aromatic nitrogens is 1. The molecule has 1 aromatic heterocycles. The van der Waals surface area contributed by atoms with Crippen molar-refractivity contribution in [2.75, 3.05) is 6.54 Å². The van der Waals surface area contributed by atoms with Crippen molar-refractivity contribution < 1.29 is 0 Å². The molecule has 0 radical (unpaired) electrons. The number of nitrogens with zero attached hydrogens (tertiary/aromatic N) is 1. The molecule has 1 heterocycles. The Kier molecular flexibility index (Phi) is 4.94. The molecule has 3 heteroatoms. The number of pyridine rings is 1. The summed E-state index contributed by atoms with van der Waals surface area (Å²) in [4.78, 5) is 4.21. The zero-order valence-corrected chi connectivity index (χ0v) is 12.2. The molecule has 2 rings (SSSR count). The van der Waals surface area contributed by atoms with E-state index in [4.69, 9.17) is 11.6 Å². The van der Waals surface area contributed by atoms with E-state index in [1.165, 1.54) is 0 Å². The second kappa shape index (κ2) is 6.69. The third kappa shape index (κ3) is 3.79. The molecule has 0 unspecified atom stereocenters. The molecule has 0 saturated heterocycles. The van der Waals surface area contributed by atoms with Gasteiger partial charge in [-0.2, -0.15) is 0 Å². The molecular weight excluding hydrogens is 256 g/mol. The van der Waals surface area contributed by atoms with Crippen LogP contribution >= 0.6 is 11.6 Å². The minimum Gasteiger partial charge on any atom is -0.313 e. The molecule has 2 nitrogen and oxygen atoms in total. The van der Waals surface area contributed by atoms with Gasteiger partial charge in [0.25, 0.3) is 0 Å². The molecule has 2 aromatic rings. The van der Waals surface area contributed by atoms with Crippen LogP contribution in [0.25, 0.3) is 11.1 Å². The third-order valence-corrected chi connectivity index (χ3v) is 3.38. The summed E-state index contributed by atoms with van der Waals surface area (Å²) in [5.74, 6) is 0. The summed E-state index contributed by atoms with van der Waals surface area (Å²) in [5, 5.41) is 4.18. The van der Waals surface area contributed by atoms with Gasteiger partial charge in [0.15, 0.2) is 0 Å². The van der Waals surface area contributed by atoms with Crippen molar-refractivity contribution >= 4 is 11.6 Å². The van der Waals surface area contributed by atoms with Crippen LogP contribution in [0.4, 0.5) is 0 Å². The summed E-state index contributed by atoms with van der Waals surface area (Å²) in [6.07, 6.45) is 2.96. The van der Waals surface area contributed by atoms with E-state index in [1.807, 2.05) is 25.3 Å². The van der Waals surface area contributed by atoms with Gasteiger partial charge in [-0.25, -0.2) is 0 Å². The smallest absolute Gasteiger partial charge is 0.0457 e. The fourth-order valence-electron chi connectivity index (χ4n) is 2.00. The number of rotatable bonds is 5. The van der Waals surface area contributed by atoms with Gasteiger partial charge in [-0.1, -0.05) is 30.7 Å². The van der Waals surface area contributed by atoms with Gasteiger partial charge < -0.3 is 5.32 Å². The van der Waals surface area contributed by atoms with E-state index in [9.17, 15) is 0 Å². The Hall–Kier alpha value is -1.38. The van der Waals surface area contributed by atoms with Crippen molar-refractivity contribution in [3.05, 3.63) is 52.8 Å². The molecule has 0 atom stereocenters. The lowest BCUT2D eigenvalue weighted by atomic mass is 10.0. The molecule has 0 aliphatic heterocycles. The van der Waals surface area contributed by atoms with Crippen LogP contribution < -0.4 is 5.32 Å². The quantitative estimate of drug-likeness (QED) is 0.826. The lowest BCUT2D eigenvalue weighted by molar-refractivity contribution is 0.675. The van der Waals surface area contributed by atoms with Gasteiger partial charge in [-0.3, -0.25) is 4.98 Å². The molecular formula is C16H19ClN2. The van der Waals surface area contributed by atoms with Crippen LogP contribution in [0.2, 0.25) is 5.02 Å². The molecule has 0 amide bonds. The maximum atomic E-state index is 6.34. The third-order valence-electron chi connectivity index (χ3n) is 3.03. The topological polar surface area (TPSA) is 24.9 Å². The summed E-state index contributed by atoms with van der Waals surface area (Å²) in [6.45, 7) is 5.99. The van der Waals surface area contributed by atoms with Crippen LogP contribution in [0.15, 0.2) is 36.5 Å². The zero-order chi connectivity index (χ0) is 13.7. The first-order valence-corrected chi connectivity index (χ1v) is 7.00. The van der Waals surface area contributed by atoms with Gasteiger partial charge in [-0.05, 0) is 54.8 Å². The van der Waals surface area contributed by atoms with Crippen LogP contribution in [0.1, 0.15) is 24.6 Å². The molecule has 0 bridgehead atoms. The highest BCUT2D eigenvalue weighted by atomic mass is 35.5. The Labute approximate surface area is 119 Å². The Morgan fingerprint density at radius 3 is 2.63 bits per heavy atom. The zero-order valence-electron chi connectivity index (χ0n) is 11.4. The van der Waals surface area contributed by atoms with E-state index in [1.54, 1.807) is 0 Å². The lowest BCUT2D eigenvalue weighted by Gasteiger charge is -2.08. The summed E-state index contributed by atoms with van der Waals surface area (Å²) in [5.41, 5.74) is 4.45. The van der Waals surface area contributed by atoms with Gasteiger partial charge >= 0.3 is 0 Å². The average molecular weight is 275 g/mol. The molecule has 0 spiro atoms. The van der Waals surface area contributed by atoms with Crippen molar-refractivity contribution in [2.24, 2.45) is 0 Å². The average Bonchev–Trinajstić information content (AvgIpc) is 2.41. The minimum atomic E-state index is 0.815. The first-order chi connectivity index (χ1) is 9.20. The maximum absolute atomic E-state index is 6.34. The highest BCUT2D eigenvalue weighted by Gasteiger charge is 2.04. The van der Waals surface area contributed by atoms with Gasteiger partial charge in [0, 0.05) is 23.5 Å². The molecule has 0 fully saturated rings. The first-order valence-electron chi connectivity index (χ1n) is 6.63. The fourth-order valence-corrected chi connectivity index (χ4v) is 2.24. The highest BCUT2D eigenvalue weighted by molar-refractivity contribution is 6.31. The van der Waals surface area contributed by atoms with E-state index >= 15 is 0 Å². The summed E-state index contributed by atoms with van der Waals surface area (Å²) >= 11 is 6.34. The molecule has 0 aliphatic carbocycles. The Bertz CT molecular complexity index is 552. The second-order valence-corrected chi connectivity index (χ2v) is 5.08. The van der Waals surface area contributed by atoms with Crippen LogP contribution in [0.5, 0.6) is 0 Å². The van der Waals surface area contributed by atoms with E-state index in [-0.39, 0.29) is 0 Å². The Morgan fingerprint density at radius 1 is 1.16 bits per heavy atom. The molecule has 19 heavy (non-hydrogen) atoms. The van der Waals surface area contributed by atoms with E-state index in [0.717, 1.165) is 46.9 Å². The normalized spacial score (nSPS) is 10.7. The lowest BCUT2D eigenvalue weighted by Crippen LogP contribution is -2.13. The van der Waals surface area contributed by atoms with Crippen molar-refractivity contribution in [3.8, 4) is 11.1 Å². The van der Waals surface area contributed by atoms with Crippen LogP contribution in [0, 0.1) is 6.92 Å². The molecule has 1 N–H and O–H groups in total. The van der Waals surface area contributed by atoms with E-state index < -0.39 is 0 Å². The predicted octanol–water partition coefficient (Wildman–Crippen LogP) is 4.21. The molecule has 0 aliphatic rings. The number of aryl methyl sites for hydroxylation is 1. The van der Waals surface area contributed by atoms with E-state index in [0.29, 0.717) is 0 Å². The molecule has 0 saturated carbocycles. The summed E-state index contributed by atoms with van der Waals surface area (Å²) in [6, 6.07) is 10.3. The Balaban J connectivity index is 2.19. The van der Waals surface area contributed by atoms with Crippen LogP contribution in [-0.4, -0.2) is 11.5 Å². The minimum absolute atomic E-state index is 0.815. The van der Waals surface area contributed by atoms with E-state index in [2.05, 4.69) is 35.4 Å². The fraction of sp³-hybridized carbons (Fsp3) is 0.312. The second-order valence-electron chi connectivity index (χ2n) is 4.67. The number of benzene rings is 1. The van der Waals surface area contributed by atoms with Crippen molar-refractivity contribution in [2.45, 2.75) is 26.8 Å². The van der Waals surface area contributed by atoms with Crippen molar-refractivity contribution in [1.29, 1.82) is 0 Å². The molecule has 100 valence electrons. The summed E-state index contributed by atoms with van der Waals surface area (Å²) in [7, 11) is 0. The predicted molar refractivity (Wildman–Crippen MR) is 81.4 cm³/mol. The monoisotopic (exact) mass is 274 g/mol. The number of hydrogen-bond acceptors (Lipinski definition) is 2.